The molecule has 0 aliphatic heterocycles. The van der Waals surface area contributed by atoms with E-state index in [2.05, 4.69) is 16.0 Å². The third-order valence-corrected chi connectivity index (χ3v) is 6.85. The molecular weight excluding hydrogens is 422 g/mol. The second-order valence-corrected chi connectivity index (χ2v) is 9.22. The fourth-order valence-electron chi connectivity index (χ4n) is 4.99. The lowest BCUT2D eigenvalue weighted by Gasteiger charge is -2.34. The minimum absolute atomic E-state index is 0.0118. The van der Waals surface area contributed by atoms with E-state index in [1.54, 1.807) is 12.1 Å². The summed E-state index contributed by atoms with van der Waals surface area (Å²) in [6.07, 6.45) is 7.74. The van der Waals surface area contributed by atoms with Crippen molar-refractivity contribution in [3.63, 3.8) is 0 Å². The summed E-state index contributed by atoms with van der Waals surface area (Å²) in [5, 5.41) is 25.5. The molecule has 9 nitrogen and oxygen atoms in total. The van der Waals surface area contributed by atoms with Crippen molar-refractivity contribution < 1.29 is 19.5 Å². The van der Waals surface area contributed by atoms with Gasteiger partial charge in [-0.3, -0.25) is 25.1 Å². The highest BCUT2D eigenvalue weighted by atomic mass is 16.4. The smallest absolute Gasteiger partial charge is 0.317 e. The number of rotatable bonds is 10. The maximum atomic E-state index is 13.3. The average Bonchev–Trinajstić information content (AvgIpc) is 3.28. The number of carbonyl (C=O) groups excluding carboxylic acids is 2. The van der Waals surface area contributed by atoms with Gasteiger partial charge in [0.05, 0.1) is 12.6 Å². The van der Waals surface area contributed by atoms with Gasteiger partial charge < -0.3 is 21.5 Å². The van der Waals surface area contributed by atoms with Crippen molar-refractivity contribution in [1.29, 1.82) is 5.41 Å². The molecule has 0 bridgehead atoms. The van der Waals surface area contributed by atoms with Crippen LogP contribution >= 0.6 is 0 Å². The number of carbonyl (C=O) groups is 3. The quantitative estimate of drug-likeness (QED) is 0.232. The molecule has 1 aromatic rings. The fraction of sp³-hybridized carbons (Fsp3) is 0.583. The molecule has 2 amide bonds. The first kappa shape index (κ1) is 24.7. The van der Waals surface area contributed by atoms with Gasteiger partial charge in [-0.2, -0.15) is 0 Å². The van der Waals surface area contributed by atoms with Gasteiger partial charge in [0.2, 0.25) is 11.8 Å². The summed E-state index contributed by atoms with van der Waals surface area (Å²) in [4.78, 5) is 37.7. The van der Waals surface area contributed by atoms with Crippen LogP contribution in [0.15, 0.2) is 24.3 Å². The highest BCUT2D eigenvalue weighted by Gasteiger charge is 2.44. The number of nitrogen functional groups attached to an aromatic ring is 1. The summed E-state index contributed by atoms with van der Waals surface area (Å²) in [7, 11) is 0. The molecule has 7 N–H and O–H groups in total. The Kier molecular flexibility index (Phi) is 8.43. The first-order valence-electron chi connectivity index (χ1n) is 11.8. The summed E-state index contributed by atoms with van der Waals surface area (Å²) in [5.74, 6) is -1.45. The van der Waals surface area contributed by atoms with Crippen molar-refractivity contribution in [3.05, 3.63) is 35.4 Å². The first-order chi connectivity index (χ1) is 15.8. The zero-order valence-electron chi connectivity index (χ0n) is 19.0. The summed E-state index contributed by atoms with van der Waals surface area (Å²) in [5.41, 5.74) is 6.00. The van der Waals surface area contributed by atoms with Crippen LogP contribution in [0.4, 0.5) is 0 Å². The van der Waals surface area contributed by atoms with Crippen LogP contribution < -0.4 is 21.7 Å². The zero-order valence-corrected chi connectivity index (χ0v) is 19.0. The highest BCUT2D eigenvalue weighted by Crippen LogP contribution is 2.32. The van der Waals surface area contributed by atoms with E-state index in [9.17, 15) is 14.4 Å². The van der Waals surface area contributed by atoms with Gasteiger partial charge in [-0.1, -0.05) is 56.4 Å². The molecule has 180 valence electrons. The van der Waals surface area contributed by atoms with Crippen molar-refractivity contribution in [2.75, 3.05) is 6.54 Å². The van der Waals surface area contributed by atoms with Crippen LogP contribution in [0.2, 0.25) is 0 Å². The van der Waals surface area contributed by atoms with Crippen molar-refractivity contribution in [1.82, 2.24) is 16.0 Å². The fourth-order valence-corrected chi connectivity index (χ4v) is 4.99. The van der Waals surface area contributed by atoms with Crippen LogP contribution in [0.1, 0.15) is 68.9 Å². The minimum Gasteiger partial charge on any atom is -0.480 e. The third kappa shape index (κ3) is 6.54. The minimum atomic E-state index is -1.01. The van der Waals surface area contributed by atoms with E-state index >= 15 is 0 Å². The summed E-state index contributed by atoms with van der Waals surface area (Å²) >= 11 is 0. The molecule has 1 aromatic carbocycles. The number of amides is 2. The zero-order chi connectivity index (χ0) is 23.8. The number of carboxylic acids is 1. The van der Waals surface area contributed by atoms with Crippen LogP contribution in [-0.2, 0) is 20.9 Å². The molecule has 0 spiro atoms. The molecule has 0 radical (unpaired) electrons. The Balaban J connectivity index is 1.67. The van der Waals surface area contributed by atoms with E-state index in [-0.39, 0.29) is 30.1 Å². The van der Waals surface area contributed by atoms with E-state index < -0.39 is 17.6 Å². The molecule has 2 saturated carbocycles. The number of benzene rings is 1. The molecule has 0 heterocycles. The predicted octanol–water partition coefficient (Wildman–Crippen LogP) is 1.64. The molecule has 0 unspecified atom stereocenters. The van der Waals surface area contributed by atoms with Gasteiger partial charge in [0.15, 0.2) is 0 Å². The molecule has 33 heavy (non-hydrogen) atoms. The van der Waals surface area contributed by atoms with Gasteiger partial charge in [-0.15, -0.1) is 0 Å². The molecule has 2 aliphatic carbocycles. The van der Waals surface area contributed by atoms with E-state index in [0.717, 1.165) is 50.5 Å². The van der Waals surface area contributed by atoms with Gasteiger partial charge in [0, 0.05) is 12.1 Å². The highest BCUT2D eigenvalue weighted by molar-refractivity contribution is 5.95. The topological polar surface area (TPSA) is 157 Å². The number of hydrogen-bond acceptors (Lipinski definition) is 5. The molecule has 9 heteroatoms. The van der Waals surface area contributed by atoms with E-state index in [1.807, 2.05) is 12.1 Å². The molecule has 0 aromatic heterocycles. The molecule has 2 fully saturated rings. The lowest BCUT2D eigenvalue weighted by atomic mass is 9.83. The second kappa shape index (κ2) is 11.3. The summed E-state index contributed by atoms with van der Waals surface area (Å²) < 4.78 is 0. The normalized spacial score (nSPS) is 18.9. The molecular formula is C24H35N5O4. The maximum Gasteiger partial charge on any atom is 0.317 e. The Morgan fingerprint density at radius 3 is 2.27 bits per heavy atom. The Labute approximate surface area is 194 Å². The van der Waals surface area contributed by atoms with Gasteiger partial charge >= 0.3 is 5.97 Å². The number of nitrogens with one attached hydrogen (secondary N) is 4. The van der Waals surface area contributed by atoms with Gasteiger partial charge in [0.1, 0.15) is 11.4 Å². The Morgan fingerprint density at radius 1 is 1.06 bits per heavy atom. The number of aliphatic carboxylic acids is 1. The maximum absolute atomic E-state index is 13.3. The lowest BCUT2D eigenvalue weighted by Crippen LogP contribution is -2.62. The third-order valence-electron chi connectivity index (χ3n) is 6.85. The van der Waals surface area contributed by atoms with Gasteiger partial charge in [-0.25, -0.2) is 0 Å². The first-order valence-corrected chi connectivity index (χ1v) is 11.8. The summed E-state index contributed by atoms with van der Waals surface area (Å²) in [6.45, 7) is 0.0159. The van der Waals surface area contributed by atoms with Crippen LogP contribution in [0, 0.1) is 11.3 Å². The number of nitrogens with two attached hydrogens (primary N) is 1. The monoisotopic (exact) mass is 457 g/mol. The van der Waals surface area contributed by atoms with Crippen LogP contribution in [0.5, 0.6) is 0 Å². The molecule has 0 saturated heterocycles. The largest absolute Gasteiger partial charge is 0.480 e. The number of amidine groups is 1. The van der Waals surface area contributed by atoms with Gasteiger partial charge in [0.25, 0.3) is 0 Å². The molecule has 3 rings (SSSR count). The number of hydrogen-bond donors (Lipinski definition) is 6. The van der Waals surface area contributed by atoms with Crippen molar-refractivity contribution in [2.24, 2.45) is 11.7 Å². The number of carboxylic acid groups (broad SMARTS) is 1. The Hall–Kier alpha value is -2.94. The average molecular weight is 458 g/mol. The van der Waals surface area contributed by atoms with Crippen molar-refractivity contribution >= 4 is 23.6 Å². The van der Waals surface area contributed by atoms with E-state index in [0.29, 0.717) is 24.9 Å². The predicted molar refractivity (Wildman–Crippen MR) is 125 cm³/mol. The Bertz CT molecular complexity index is 858. The SMILES string of the molecule is N=C(N)c1ccc(CNC(=O)C2(NC(=O)[C@H](NCC(=O)O)C3CCCCC3)CCCC2)cc1. The molecule has 2 aliphatic rings. The van der Waals surface area contributed by atoms with Crippen molar-refractivity contribution in [3.8, 4) is 0 Å². The lowest BCUT2D eigenvalue weighted by molar-refractivity contribution is -0.138. The summed E-state index contributed by atoms with van der Waals surface area (Å²) in [6, 6.07) is 6.47. The Morgan fingerprint density at radius 2 is 1.70 bits per heavy atom. The van der Waals surface area contributed by atoms with Crippen LogP contribution in [0.3, 0.4) is 0 Å². The standard InChI is InChI=1S/C24H35N5O4/c25-21(26)18-10-8-16(9-11-18)14-28-23(33)24(12-4-5-13-24)29-22(32)20(27-15-19(30)31)17-6-2-1-3-7-17/h8-11,17,20,27H,1-7,12-15H2,(H3,25,26)(H,28,33)(H,29,32)(H,30,31)/t20-/m1/s1. The molecule has 1 atom stereocenters. The van der Waals surface area contributed by atoms with E-state index in [4.69, 9.17) is 16.2 Å². The van der Waals surface area contributed by atoms with Crippen LogP contribution in [-0.4, -0.2) is 46.9 Å². The van der Waals surface area contributed by atoms with Crippen LogP contribution in [0.25, 0.3) is 0 Å². The second-order valence-electron chi connectivity index (χ2n) is 9.22. The van der Waals surface area contributed by atoms with Gasteiger partial charge in [-0.05, 0) is 37.2 Å². The van der Waals surface area contributed by atoms with E-state index in [1.165, 1.54) is 0 Å². The van der Waals surface area contributed by atoms with Crippen molar-refractivity contribution in [2.45, 2.75) is 75.9 Å².